The summed E-state index contributed by atoms with van der Waals surface area (Å²) < 4.78 is 2.25. The number of benzene rings is 2. The third kappa shape index (κ3) is 2.72. The van der Waals surface area contributed by atoms with E-state index in [1.54, 1.807) is 11.3 Å². The average Bonchev–Trinajstić information content (AvgIpc) is 2.80. The van der Waals surface area contributed by atoms with Crippen molar-refractivity contribution in [1.82, 2.24) is 4.98 Å². The molecule has 0 unspecified atom stereocenters. The van der Waals surface area contributed by atoms with Gasteiger partial charge in [-0.25, -0.2) is 4.98 Å². The molecule has 0 radical (unpaired) electrons. The van der Waals surface area contributed by atoms with Gasteiger partial charge in [-0.05, 0) is 35.7 Å². The van der Waals surface area contributed by atoms with Gasteiger partial charge in [0.25, 0.3) is 0 Å². The summed E-state index contributed by atoms with van der Waals surface area (Å²) in [5.41, 5.74) is 3.47. The lowest BCUT2D eigenvalue weighted by Gasteiger charge is -2.12. The normalized spacial score (nSPS) is 11.2. The van der Waals surface area contributed by atoms with E-state index < -0.39 is 0 Å². The highest BCUT2D eigenvalue weighted by Gasteiger charge is 2.09. The lowest BCUT2D eigenvalue weighted by Crippen LogP contribution is -1.96. The zero-order chi connectivity index (χ0) is 14.1. The van der Waals surface area contributed by atoms with Crippen LogP contribution in [0.15, 0.2) is 46.9 Å². The maximum atomic E-state index is 4.65. The molecular weight excluding hydrogens is 332 g/mol. The quantitative estimate of drug-likeness (QED) is 0.635. The Kier molecular flexibility index (Phi) is 3.76. The van der Waals surface area contributed by atoms with Crippen molar-refractivity contribution in [3.05, 3.63) is 52.5 Å². The largest absolute Gasteiger partial charge is 0.331 e. The number of hydrogen-bond donors (Lipinski definition) is 1. The first-order valence-corrected chi connectivity index (χ1v) is 8.16. The second kappa shape index (κ2) is 5.54. The monoisotopic (exact) mass is 346 g/mol. The van der Waals surface area contributed by atoms with E-state index in [0.29, 0.717) is 5.92 Å². The zero-order valence-corrected chi connectivity index (χ0v) is 13.8. The van der Waals surface area contributed by atoms with Crippen LogP contribution in [0.3, 0.4) is 0 Å². The maximum absolute atomic E-state index is 4.65. The summed E-state index contributed by atoms with van der Waals surface area (Å²) in [7, 11) is 0. The van der Waals surface area contributed by atoms with Gasteiger partial charge in [0.15, 0.2) is 5.13 Å². The molecule has 0 spiro atoms. The standard InChI is InChI=1S/C16H15BrN2S/c1-10(2)12-5-3-4-6-13(12)18-16-19-14-9-11(17)7-8-15(14)20-16/h3-10H,1-2H3,(H,18,19). The number of aromatic nitrogens is 1. The van der Waals surface area contributed by atoms with E-state index in [1.165, 1.54) is 10.3 Å². The number of hydrogen-bond acceptors (Lipinski definition) is 3. The molecular formula is C16H15BrN2S. The molecule has 1 heterocycles. The maximum Gasteiger partial charge on any atom is 0.188 e. The second-order valence-electron chi connectivity index (χ2n) is 5.00. The minimum atomic E-state index is 0.488. The molecule has 0 aliphatic rings. The van der Waals surface area contributed by atoms with E-state index in [1.807, 2.05) is 12.1 Å². The van der Waals surface area contributed by atoms with Crippen molar-refractivity contribution in [1.29, 1.82) is 0 Å². The van der Waals surface area contributed by atoms with E-state index in [9.17, 15) is 0 Å². The Morgan fingerprint density at radius 1 is 1.15 bits per heavy atom. The smallest absolute Gasteiger partial charge is 0.188 e. The molecule has 1 aromatic heterocycles. The number of anilines is 2. The molecule has 3 rings (SSSR count). The van der Waals surface area contributed by atoms with Crippen LogP contribution in [0.25, 0.3) is 10.2 Å². The average molecular weight is 347 g/mol. The molecule has 0 amide bonds. The molecule has 20 heavy (non-hydrogen) atoms. The molecule has 2 nitrogen and oxygen atoms in total. The highest BCUT2D eigenvalue weighted by Crippen LogP contribution is 2.32. The summed E-state index contributed by atoms with van der Waals surface area (Å²) in [6.07, 6.45) is 0. The van der Waals surface area contributed by atoms with Gasteiger partial charge >= 0.3 is 0 Å². The molecule has 102 valence electrons. The molecule has 0 bridgehead atoms. The summed E-state index contributed by atoms with van der Waals surface area (Å²) >= 11 is 5.16. The topological polar surface area (TPSA) is 24.9 Å². The van der Waals surface area contributed by atoms with Crippen molar-refractivity contribution in [3.63, 3.8) is 0 Å². The number of halogens is 1. The van der Waals surface area contributed by atoms with Gasteiger partial charge in [-0.1, -0.05) is 59.3 Å². The summed E-state index contributed by atoms with van der Waals surface area (Å²) in [5.74, 6) is 0.488. The Labute approximate surface area is 131 Å². The lowest BCUT2D eigenvalue weighted by molar-refractivity contribution is 0.869. The minimum absolute atomic E-state index is 0.488. The summed E-state index contributed by atoms with van der Waals surface area (Å²) in [6.45, 7) is 4.41. The molecule has 2 aromatic carbocycles. The number of fused-ring (bicyclic) bond motifs is 1. The fourth-order valence-electron chi connectivity index (χ4n) is 2.18. The van der Waals surface area contributed by atoms with Crippen LogP contribution < -0.4 is 5.32 Å². The molecule has 0 aliphatic carbocycles. The molecule has 4 heteroatoms. The van der Waals surface area contributed by atoms with Gasteiger partial charge in [0.05, 0.1) is 10.2 Å². The minimum Gasteiger partial charge on any atom is -0.331 e. The van der Waals surface area contributed by atoms with Crippen LogP contribution >= 0.6 is 27.3 Å². The molecule has 0 saturated heterocycles. The van der Waals surface area contributed by atoms with Gasteiger partial charge in [-0.3, -0.25) is 0 Å². The summed E-state index contributed by atoms with van der Waals surface area (Å²) in [5, 5.41) is 4.39. The first-order valence-electron chi connectivity index (χ1n) is 6.55. The summed E-state index contributed by atoms with van der Waals surface area (Å²) in [4.78, 5) is 4.65. The van der Waals surface area contributed by atoms with E-state index in [0.717, 1.165) is 20.8 Å². The number of nitrogens with one attached hydrogen (secondary N) is 1. The predicted octanol–water partition coefficient (Wildman–Crippen LogP) is 5.93. The van der Waals surface area contributed by atoms with Crippen LogP contribution in [0.5, 0.6) is 0 Å². The van der Waals surface area contributed by atoms with Crippen molar-refractivity contribution in [2.75, 3.05) is 5.32 Å². The van der Waals surface area contributed by atoms with Crippen LogP contribution in [-0.2, 0) is 0 Å². The molecule has 3 aromatic rings. The molecule has 0 saturated carbocycles. The van der Waals surface area contributed by atoms with Gasteiger partial charge in [0, 0.05) is 10.2 Å². The second-order valence-corrected chi connectivity index (χ2v) is 6.94. The number of rotatable bonds is 3. The van der Waals surface area contributed by atoms with Gasteiger partial charge in [-0.2, -0.15) is 0 Å². The first-order chi connectivity index (χ1) is 9.63. The van der Waals surface area contributed by atoms with Gasteiger partial charge in [-0.15, -0.1) is 0 Å². The van der Waals surface area contributed by atoms with Gasteiger partial charge in [0.2, 0.25) is 0 Å². The fourth-order valence-corrected chi connectivity index (χ4v) is 3.39. The molecule has 0 atom stereocenters. The first kappa shape index (κ1) is 13.6. The Morgan fingerprint density at radius 2 is 1.95 bits per heavy atom. The van der Waals surface area contributed by atoms with E-state index >= 15 is 0 Å². The van der Waals surface area contributed by atoms with Crippen LogP contribution in [0, 0.1) is 0 Å². The fraction of sp³-hybridized carbons (Fsp3) is 0.188. The molecule has 0 fully saturated rings. The highest BCUT2D eigenvalue weighted by molar-refractivity contribution is 9.10. The zero-order valence-electron chi connectivity index (χ0n) is 11.4. The van der Waals surface area contributed by atoms with Crippen molar-refractivity contribution < 1.29 is 0 Å². The van der Waals surface area contributed by atoms with Crippen molar-refractivity contribution in [2.24, 2.45) is 0 Å². The summed E-state index contributed by atoms with van der Waals surface area (Å²) in [6, 6.07) is 14.6. The van der Waals surface area contributed by atoms with Crippen molar-refractivity contribution >= 4 is 48.3 Å². The lowest BCUT2D eigenvalue weighted by atomic mass is 10.0. The van der Waals surface area contributed by atoms with Crippen LogP contribution in [0.2, 0.25) is 0 Å². The Balaban J connectivity index is 1.97. The Bertz CT molecular complexity index is 749. The third-order valence-electron chi connectivity index (χ3n) is 3.17. The Hall–Kier alpha value is -1.39. The van der Waals surface area contributed by atoms with E-state index in [-0.39, 0.29) is 0 Å². The number of para-hydroxylation sites is 1. The van der Waals surface area contributed by atoms with E-state index in [4.69, 9.17) is 0 Å². The Morgan fingerprint density at radius 3 is 2.75 bits per heavy atom. The van der Waals surface area contributed by atoms with Crippen LogP contribution in [-0.4, -0.2) is 4.98 Å². The van der Waals surface area contributed by atoms with Crippen molar-refractivity contribution in [2.45, 2.75) is 19.8 Å². The molecule has 0 aliphatic heterocycles. The number of nitrogens with zero attached hydrogens (tertiary/aromatic N) is 1. The van der Waals surface area contributed by atoms with E-state index in [2.05, 4.69) is 70.4 Å². The highest BCUT2D eigenvalue weighted by atomic mass is 79.9. The third-order valence-corrected chi connectivity index (χ3v) is 4.62. The van der Waals surface area contributed by atoms with Crippen LogP contribution in [0.4, 0.5) is 10.8 Å². The van der Waals surface area contributed by atoms with Crippen molar-refractivity contribution in [3.8, 4) is 0 Å². The van der Waals surface area contributed by atoms with Gasteiger partial charge < -0.3 is 5.32 Å². The number of thiazole rings is 1. The SMILES string of the molecule is CC(C)c1ccccc1Nc1nc2cc(Br)ccc2s1. The van der Waals surface area contributed by atoms with Crippen LogP contribution in [0.1, 0.15) is 25.3 Å². The molecule has 1 N–H and O–H groups in total. The van der Waals surface area contributed by atoms with Gasteiger partial charge in [0.1, 0.15) is 0 Å². The predicted molar refractivity (Wildman–Crippen MR) is 91.1 cm³/mol.